The quantitative estimate of drug-likeness (QED) is 0.0371. The Kier molecular flexibility index (Phi) is 27.5. The molecule has 0 bridgehead atoms. The first-order chi connectivity index (χ1) is 33.7. The Bertz CT molecular complexity index is 2170. The van der Waals surface area contributed by atoms with E-state index in [4.69, 9.17) is 24.4 Å². The number of carbonyl (C=O) groups excluding carboxylic acids is 1. The molecule has 0 heterocycles. The summed E-state index contributed by atoms with van der Waals surface area (Å²) >= 11 is 0. The molecule has 0 aliphatic carbocycles. The van der Waals surface area contributed by atoms with Gasteiger partial charge in [-0.3, -0.25) is 4.79 Å². The average Bonchev–Trinajstić information content (AvgIpc) is 3.34. The molecule has 0 aromatic heterocycles. The van der Waals surface area contributed by atoms with Gasteiger partial charge in [-0.15, -0.1) is 0 Å². The highest BCUT2D eigenvalue weighted by Gasteiger charge is 2.50. The van der Waals surface area contributed by atoms with E-state index in [1.54, 1.807) is 11.9 Å². The van der Waals surface area contributed by atoms with Gasteiger partial charge >= 0.3 is 5.97 Å². The van der Waals surface area contributed by atoms with Crippen LogP contribution in [0.3, 0.4) is 0 Å². The van der Waals surface area contributed by atoms with Crippen LogP contribution in [-0.4, -0.2) is 74.3 Å². The van der Waals surface area contributed by atoms with Gasteiger partial charge in [-0.1, -0.05) is 185 Å². The highest BCUT2D eigenvalue weighted by molar-refractivity contribution is 6.99. The highest BCUT2D eigenvalue weighted by Crippen LogP contribution is 2.37. The molecule has 0 fully saturated rings. The van der Waals surface area contributed by atoms with Gasteiger partial charge in [-0.25, -0.2) is 13.6 Å². The second kappa shape index (κ2) is 32.6. The molecule has 4 rings (SSSR count). The summed E-state index contributed by atoms with van der Waals surface area (Å²) in [4.78, 5) is 26.2. The van der Waals surface area contributed by atoms with Crippen molar-refractivity contribution >= 4 is 30.6 Å². The Morgan fingerprint density at radius 3 is 1.41 bits per heavy atom. The van der Waals surface area contributed by atoms with E-state index in [0.29, 0.717) is 17.7 Å². The van der Waals surface area contributed by atoms with Crippen LogP contribution in [0.5, 0.6) is 0 Å². The highest BCUT2D eigenvalue weighted by atomic mass is 28.4. The van der Waals surface area contributed by atoms with Crippen molar-refractivity contribution < 1.29 is 42.5 Å². The van der Waals surface area contributed by atoms with Crippen molar-refractivity contribution in [1.29, 1.82) is 10.5 Å². The molecule has 0 radical (unpaired) electrons. The Balaban J connectivity index is 0.000000371. The lowest BCUT2D eigenvalue weighted by Gasteiger charge is -2.43. The monoisotopic (exact) mass is 982 g/mol. The number of likely N-dealkylation sites (N-methyl/N-ethyl adjacent to an activating group) is 1. The number of carboxylic acids is 1. The summed E-state index contributed by atoms with van der Waals surface area (Å²) in [5.41, 5.74) is 1.18. The maximum atomic E-state index is 13.8. The van der Waals surface area contributed by atoms with E-state index in [9.17, 15) is 28.6 Å². The van der Waals surface area contributed by atoms with Gasteiger partial charge in [0.2, 0.25) is 0 Å². The van der Waals surface area contributed by atoms with Gasteiger partial charge in [0.05, 0.1) is 49.7 Å². The number of hydrogen-bond donors (Lipinski definition) is 2. The maximum absolute atomic E-state index is 13.8. The topological polar surface area (TPSA) is 153 Å². The fourth-order valence-electron chi connectivity index (χ4n) is 8.60. The van der Waals surface area contributed by atoms with Crippen LogP contribution in [0.25, 0.3) is 0 Å². The van der Waals surface area contributed by atoms with Crippen LogP contribution in [0.1, 0.15) is 153 Å². The minimum absolute atomic E-state index is 0.0453. The van der Waals surface area contributed by atoms with Gasteiger partial charge in [0.15, 0.2) is 12.2 Å². The van der Waals surface area contributed by atoms with Crippen molar-refractivity contribution in [2.45, 2.75) is 161 Å². The van der Waals surface area contributed by atoms with Crippen LogP contribution in [-0.2, 0) is 36.7 Å². The molecule has 4 aromatic rings. The van der Waals surface area contributed by atoms with Crippen molar-refractivity contribution in [2.75, 3.05) is 26.8 Å². The van der Waals surface area contributed by atoms with Gasteiger partial charge < -0.3 is 29.0 Å². The summed E-state index contributed by atoms with van der Waals surface area (Å²) in [6.45, 7) is 8.37. The average molecular weight is 982 g/mol. The number of nitriles is 2. The van der Waals surface area contributed by atoms with Crippen LogP contribution in [0, 0.1) is 34.3 Å². The second-order valence-electron chi connectivity index (χ2n) is 19.1. The van der Waals surface area contributed by atoms with Gasteiger partial charge in [0.25, 0.3) is 14.2 Å². The van der Waals surface area contributed by atoms with Crippen molar-refractivity contribution in [3.05, 3.63) is 131 Å². The summed E-state index contributed by atoms with van der Waals surface area (Å²) in [6, 6.07) is 31.3. The van der Waals surface area contributed by atoms with E-state index < -0.39 is 44.7 Å². The predicted molar refractivity (Wildman–Crippen MR) is 275 cm³/mol. The van der Waals surface area contributed by atoms with Gasteiger partial charge in [0, 0.05) is 13.6 Å². The van der Waals surface area contributed by atoms with E-state index in [-0.39, 0.29) is 41.9 Å². The van der Waals surface area contributed by atoms with E-state index in [1.807, 2.05) is 72.8 Å². The molecule has 0 aliphatic heterocycles. The third kappa shape index (κ3) is 20.6. The van der Waals surface area contributed by atoms with E-state index in [1.165, 1.54) is 114 Å². The number of aliphatic hydroxyl groups is 1. The summed E-state index contributed by atoms with van der Waals surface area (Å²) < 4.78 is 45.2. The first-order valence-electron chi connectivity index (χ1n) is 25.1. The maximum Gasteiger partial charge on any atom is 0.335 e. The number of aliphatic carboxylic acids is 1. The van der Waals surface area contributed by atoms with Crippen LogP contribution >= 0.6 is 0 Å². The minimum atomic E-state index is -2.94. The zero-order valence-electron chi connectivity index (χ0n) is 42.3. The molecule has 0 saturated carbocycles. The van der Waals surface area contributed by atoms with Crippen LogP contribution < -0.4 is 10.4 Å². The molecule has 2 N–H and O–H groups in total. The van der Waals surface area contributed by atoms with E-state index >= 15 is 0 Å². The molecule has 1 amide bonds. The lowest BCUT2D eigenvalue weighted by Crippen LogP contribution is -2.67. The molecule has 0 aliphatic rings. The molecule has 70 heavy (non-hydrogen) atoms. The standard InChI is InChI=1S/C30H49FN2O3.C27H28FNO4Si/c1-3-4-5-6-7-8-9-10-11-12-13-14-15-16-17-18-19-33(2)30(35)29(24-34)36-25-27-20-26(23-32)21-28(31)22-27;1-27(2,3)34(23-10-6-4-7-11-23,24-12-8-5-9-13-24)33-19-25(26(30)31)32-18-21-14-20(17-29)15-22(28)16-21/h20-22,29,34H,3-19,24-25H2,1-2H3;4-16,25H,18-19H2,1-3H3,(H,30,31)/t29-;25-/m00/s1. The summed E-state index contributed by atoms with van der Waals surface area (Å²) in [5, 5.41) is 39.2. The number of hydrogen-bond acceptors (Lipinski definition) is 8. The zero-order chi connectivity index (χ0) is 51.2. The van der Waals surface area contributed by atoms with Crippen LogP contribution in [0.2, 0.25) is 5.04 Å². The molecule has 2 atom stereocenters. The number of ether oxygens (including phenoxy) is 2. The fourth-order valence-corrected chi connectivity index (χ4v) is 13.2. The van der Waals surface area contributed by atoms with E-state index in [0.717, 1.165) is 35.3 Å². The number of carboxylic acid groups (broad SMARTS) is 1. The van der Waals surface area contributed by atoms with Gasteiger partial charge in [0.1, 0.15) is 11.6 Å². The smallest absolute Gasteiger partial charge is 0.335 e. The number of rotatable bonds is 31. The first-order valence-corrected chi connectivity index (χ1v) is 27.1. The third-order valence-electron chi connectivity index (χ3n) is 12.4. The third-order valence-corrected chi connectivity index (χ3v) is 17.4. The molecule has 0 saturated heterocycles. The van der Waals surface area contributed by atoms with Crippen LogP contribution in [0.4, 0.5) is 8.78 Å². The number of amides is 1. The number of carbonyl (C=O) groups is 2. The van der Waals surface area contributed by atoms with Crippen LogP contribution in [0.15, 0.2) is 97.1 Å². The van der Waals surface area contributed by atoms with Crippen molar-refractivity contribution in [3.63, 3.8) is 0 Å². The Morgan fingerprint density at radius 1 is 0.643 bits per heavy atom. The number of aliphatic hydroxyl groups excluding tert-OH is 1. The van der Waals surface area contributed by atoms with Crippen molar-refractivity contribution in [1.82, 2.24) is 4.90 Å². The normalized spacial score (nSPS) is 12.3. The molecule has 0 spiro atoms. The Hall–Kier alpha value is -5.28. The number of unbranched alkanes of at least 4 members (excludes halogenated alkanes) is 15. The molecule has 4 aromatic carbocycles. The Labute approximate surface area is 417 Å². The molecule has 0 unspecified atom stereocenters. The van der Waals surface area contributed by atoms with Gasteiger partial charge in [-0.2, -0.15) is 10.5 Å². The predicted octanol–water partition coefficient (Wildman–Crippen LogP) is 11.5. The number of nitrogens with zero attached hydrogens (tertiary/aromatic N) is 3. The molecular formula is C57H77F2N3O7Si. The van der Waals surface area contributed by atoms with Crippen molar-refractivity contribution in [3.8, 4) is 12.1 Å². The van der Waals surface area contributed by atoms with E-state index in [2.05, 4.69) is 27.7 Å². The minimum Gasteiger partial charge on any atom is -0.479 e. The summed E-state index contributed by atoms with van der Waals surface area (Å²) in [7, 11) is -1.22. The summed E-state index contributed by atoms with van der Waals surface area (Å²) in [6.07, 6.45) is 18.6. The molecule has 10 nitrogen and oxygen atoms in total. The lowest BCUT2D eigenvalue weighted by atomic mass is 10.0. The summed E-state index contributed by atoms with van der Waals surface area (Å²) in [5.74, 6) is -2.56. The van der Waals surface area contributed by atoms with Gasteiger partial charge in [-0.05, 0) is 69.4 Å². The SMILES string of the molecule is CC(C)(C)[Si](OC[C@H](OCc1cc(F)cc(C#N)c1)C(=O)O)(c1ccccc1)c1ccccc1.CCCCCCCCCCCCCCCCCCN(C)C(=O)[C@H](CO)OCc1cc(F)cc(C#N)c1. The lowest BCUT2D eigenvalue weighted by molar-refractivity contribution is -0.153. The molecule has 13 heteroatoms. The number of halogens is 2. The molecular weight excluding hydrogens is 905 g/mol. The number of benzene rings is 4. The first kappa shape index (κ1) is 59.0. The molecule has 380 valence electrons. The Morgan fingerprint density at radius 2 is 1.04 bits per heavy atom. The largest absolute Gasteiger partial charge is 0.479 e. The van der Waals surface area contributed by atoms with Crippen molar-refractivity contribution in [2.24, 2.45) is 0 Å². The zero-order valence-corrected chi connectivity index (χ0v) is 43.3. The second-order valence-corrected chi connectivity index (χ2v) is 23.4. The fraction of sp³-hybridized carbons (Fsp3) is 0.509.